The monoisotopic (exact) mass is 453 g/mol. The molecule has 0 bridgehead atoms. The van der Waals surface area contributed by atoms with Gasteiger partial charge < -0.3 is 10.0 Å². The van der Waals surface area contributed by atoms with Crippen LogP contribution in [0.3, 0.4) is 0 Å². The number of amides is 1. The van der Waals surface area contributed by atoms with Gasteiger partial charge in [-0.25, -0.2) is 0 Å². The van der Waals surface area contributed by atoms with Crippen molar-refractivity contribution in [2.24, 2.45) is 0 Å². The second-order valence-electron chi connectivity index (χ2n) is 8.55. The van der Waals surface area contributed by atoms with Gasteiger partial charge in [-0.05, 0) is 36.6 Å². The van der Waals surface area contributed by atoms with Gasteiger partial charge in [0.15, 0.2) is 11.4 Å². The number of thioether (sulfide) groups is 1. The quantitative estimate of drug-likeness (QED) is 0.605. The molecule has 0 saturated heterocycles. The first kappa shape index (κ1) is 21.8. The molecule has 2 aliphatic heterocycles. The Morgan fingerprint density at radius 3 is 2.42 bits per heavy atom. The summed E-state index contributed by atoms with van der Waals surface area (Å²) in [5, 5.41) is 12.3. The fraction of sp³-hybridized carbons (Fsp3) is 0.250. The van der Waals surface area contributed by atoms with Gasteiger partial charge in [0.05, 0.1) is 6.04 Å². The third-order valence-corrected chi connectivity index (χ3v) is 7.31. The van der Waals surface area contributed by atoms with Crippen molar-refractivity contribution in [2.45, 2.75) is 42.0 Å². The maximum absolute atomic E-state index is 13.4. The fourth-order valence-electron chi connectivity index (χ4n) is 4.79. The van der Waals surface area contributed by atoms with Crippen molar-refractivity contribution in [1.82, 2.24) is 9.58 Å². The van der Waals surface area contributed by atoms with E-state index in [4.69, 9.17) is 15.7 Å². The van der Waals surface area contributed by atoms with E-state index in [2.05, 4.69) is 6.07 Å². The Balaban J connectivity index is 1.87. The molecular formula is C24H21B2N3O3S. The van der Waals surface area contributed by atoms with Crippen molar-refractivity contribution >= 4 is 33.4 Å². The Bertz CT molecular complexity index is 1280. The topological polar surface area (TPSA) is 65.8 Å². The van der Waals surface area contributed by atoms with E-state index >= 15 is 0 Å². The van der Waals surface area contributed by atoms with Crippen LogP contribution in [0.5, 0.6) is 5.75 Å². The molecule has 1 atom stereocenters. The molecule has 1 N–H and O–H groups in total. The molecular weight excluding hydrogens is 432 g/mol. The third-order valence-electron chi connectivity index (χ3n) is 6.17. The zero-order chi connectivity index (χ0) is 23.5. The summed E-state index contributed by atoms with van der Waals surface area (Å²) in [6.07, 6.45) is 1.45. The Morgan fingerprint density at radius 2 is 1.70 bits per heavy atom. The second kappa shape index (κ2) is 7.76. The maximum Gasteiger partial charge on any atom is 0.277 e. The molecule has 33 heavy (non-hydrogen) atoms. The summed E-state index contributed by atoms with van der Waals surface area (Å²) in [6.45, 7) is 3.59. The van der Waals surface area contributed by atoms with Gasteiger partial charge in [-0.1, -0.05) is 42.5 Å². The van der Waals surface area contributed by atoms with Gasteiger partial charge in [-0.2, -0.15) is 0 Å². The first-order chi connectivity index (χ1) is 15.7. The van der Waals surface area contributed by atoms with E-state index in [1.807, 2.05) is 42.5 Å². The van der Waals surface area contributed by atoms with Crippen LogP contribution in [-0.2, 0) is 5.75 Å². The van der Waals surface area contributed by atoms with Gasteiger partial charge in [-0.15, -0.1) is 11.8 Å². The predicted molar refractivity (Wildman–Crippen MR) is 130 cm³/mol. The van der Waals surface area contributed by atoms with Crippen LogP contribution in [0, 0.1) is 0 Å². The number of carbonyl (C=O) groups excluding carboxylic acids is 1. The lowest BCUT2D eigenvalue weighted by Crippen LogP contribution is -2.73. The van der Waals surface area contributed by atoms with Crippen molar-refractivity contribution < 1.29 is 9.90 Å². The Kier molecular flexibility index (Phi) is 5.12. The summed E-state index contributed by atoms with van der Waals surface area (Å²) >= 11 is 1.72. The third kappa shape index (κ3) is 3.21. The van der Waals surface area contributed by atoms with Crippen LogP contribution in [0.25, 0.3) is 0 Å². The van der Waals surface area contributed by atoms with E-state index < -0.39 is 34.6 Å². The molecule has 1 unspecified atom stereocenters. The van der Waals surface area contributed by atoms with Gasteiger partial charge in [0.1, 0.15) is 15.7 Å². The van der Waals surface area contributed by atoms with E-state index in [1.54, 1.807) is 30.6 Å². The predicted octanol–water partition coefficient (Wildman–Crippen LogP) is 2.70. The van der Waals surface area contributed by atoms with Gasteiger partial charge >= 0.3 is 0 Å². The minimum absolute atomic E-state index is 0.158. The number of hydrogen-bond acceptors (Lipinski definition) is 5. The van der Waals surface area contributed by atoms with Crippen LogP contribution >= 0.6 is 11.8 Å². The number of rotatable bonds is 2. The number of aromatic hydroxyl groups is 1. The molecule has 9 heteroatoms. The molecule has 0 spiro atoms. The van der Waals surface area contributed by atoms with Gasteiger partial charge in [0, 0.05) is 34.4 Å². The lowest BCUT2D eigenvalue weighted by Gasteiger charge is -2.58. The minimum atomic E-state index is -1.76. The van der Waals surface area contributed by atoms with Gasteiger partial charge in [0.2, 0.25) is 5.43 Å². The minimum Gasteiger partial charge on any atom is -0.502 e. The average Bonchev–Trinajstić information content (AvgIpc) is 2.93. The van der Waals surface area contributed by atoms with Crippen molar-refractivity contribution in [3.8, 4) is 5.75 Å². The molecule has 1 amide bonds. The maximum atomic E-state index is 13.4. The zero-order valence-electron chi connectivity index (χ0n) is 18.3. The van der Waals surface area contributed by atoms with Crippen LogP contribution < -0.4 is 10.4 Å². The van der Waals surface area contributed by atoms with Crippen LogP contribution in [0.2, 0.25) is 0 Å². The molecule has 162 valence electrons. The van der Waals surface area contributed by atoms with E-state index in [-0.39, 0.29) is 5.69 Å². The highest BCUT2D eigenvalue weighted by Gasteiger charge is 2.49. The number of aromatic nitrogens is 1. The Hall–Kier alpha value is -3.06. The highest BCUT2D eigenvalue weighted by atomic mass is 32.2. The summed E-state index contributed by atoms with van der Waals surface area (Å²) in [5.74, 6) is -0.473. The summed E-state index contributed by atoms with van der Waals surface area (Å²) in [5.41, 5.74) is 0.498. The number of hydrogen-bond donors (Lipinski definition) is 1. The SMILES string of the molecule is [B]C1([B])N(C(C)C)C(=O)c2c(O)c(=O)ccn2N1C1c2ccccc2CSc2ccccc21. The first-order valence-corrected chi connectivity index (χ1v) is 11.7. The lowest BCUT2D eigenvalue weighted by atomic mass is 9.65. The van der Waals surface area contributed by atoms with E-state index in [0.29, 0.717) is 0 Å². The fourth-order valence-corrected chi connectivity index (χ4v) is 5.89. The van der Waals surface area contributed by atoms with Crippen molar-refractivity contribution in [3.63, 3.8) is 0 Å². The van der Waals surface area contributed by atoms with Crippen LogP contribution in [-0.4, -0.2) is 47.8 Å². The normalized spacial score (nSPS) is 19.0. The van der Waals surface area contributed by atoms with Crippen LogP contribution in [0.1, 0.15) is 47.1 Å². The molecule has 2 aromatic carbocycles. The average molecular weight is 453 g/mol. The number of carbonyl (C=O) groups is 1. The summed E-state index contributed by atoms with van der Waals surface area (Å²) < 4.78 is 1.44. The molecule has 5 rings (SSSR count). The molecule has 0 fully saturated rings. The highest BCUT2D eigenvalue weighted by molar-refractivity contribution is 7.98. The molecule has 3 aromatic rings. The largest absolute Gasteiger partial charge is 0.502 e. The first-order valence-electron chi connectivity index (χ1n) is 10.7. The van der Waals surface area contributed by atoms with E-state index in [0.717, 1.165) is 27.3 Å². The Labute approximate surface area is 199 Å². The standard InChI is InChI=1S/C24H21B2N3O3S/c1-14(2)28-23(32)21-22(31)18(30)11-12-27(21)29(24(28,25)26)20-16-8-4-3-7-15(16)13-33-19-10-6-5-9-17(19)20/h3-12,14,20,31H,13H2,1-2H3. The smallest absolute Gasteiger partial charge is 0.277 e. The highest BCUT2D eigenvalue weighted by Crippen LogP contribution is 2.45. The van der Waals surface area contributed by atoms with Crippen molar-refractivity contribution in [1.29, 1.82) is 0 Å². The summed E-state index contributed by atoms with van der Waals surface area (Å²) in [6, 6.07) is 16.4. The molecule has 4 radical (unpaired) electrons. The Morgan fingerprint density at radius 1 is 1.03 bits per heavy atom. The molecule has 6 nitrogen and oxygen atoms in total. The lowest BCUT2D eigenvalue weighted by molar-refractivity contribution is 0.0517. The zero-order valence-corrected chi connectivity index (χ0v) is 19.1. The molecule has 1 aromatic heterocycles. The van der Waals surface area contributed by atoms with Crippen LogP contribution in [0.15, 0.2) is 70.5 Å². The molecule has 0 saturated carbocycles. The van der Waals surface area contributed by atoms with Crippen molar-refractivity contribution in [2.75, 3.05) is 5.01 Å². The number of fused-ring (bicyclic) bond motifs is 3. The summed E-state index contributed by atoms with van der Waals surface area (Å²) in [7, 11) is 13.6. The molecule has 3 heterocycles. The van der Waals surface area contributed by atoms with E-state index in [1.165, 1.54) is 21.8 Å². The van der Waals surface area contributed by atoms with E-state index in [9.17, 15) is 14.7 Å². The molecule has 0 aliphatic carbocycles. The number of nitrogens with zero attached hydrogens (tertiary/aromatic N) is 3. The number of pyridine rings is 1. The second-order valence-corrected chi connectivity index (χ2v) is 9.56. The summed E-state index contributed by atoms with van der Waals surface area (Å²) in [4.78, 5) is 28.1. The van der Waals surface area contributed by atoms with Gasteiger partial charge in [-0.3, -0.25) is 19.3 Å². The molecule has 2 aliphatic rings. The van der Waals surface area contributed by atoms with Gasteiger partial charge in [0.25, 0.3) is 5.91 Å². The number of benzene rings is 2. The van der Waals surface area contributed by atoms with Crippen LogP contribution in [0.4, 0.5) is 0 Å². The van der Waals surface area contributed by atoms with Crippen molar-refractivity contribution in [3.05, 3.63) is 93.4 Å².